The zero-order chi connectivity index (χ0) is 22.7. The molecule has 0 bridgehead atoms. The number of aryl methyl sites for hydroxylation is 2. The van der Waals surface area contributed by atoms with Crippen LogP contribution in [0.15, 0.2) is 71.8 Å². The molecule has 7 heteroatoms. The van der Waals surface area contributed by atoms with Gasteiger partial charge in [0.2, 0.25) is 0 Å². The number of fused-ring (bicyclic) bond motifs is 1. The van der Waals surface area contributed by atoms with Crippen LogP contribution in [0, 0.1) is 13.8 Å². The van der Waals surface area contributed by atoms with E-state index in [1.54, 1.807) is 12.4 Å². The maximum absolute atomic E-state index is 12.9. The van der Waals surface area contributed by atoms with Gasteiger partial charge in [-0.3, -0.25) is 9.78 Å². The minimum absolute atomic E-state index is 0.119. The lowest BCUT2D eigenvalue weighted by Gasteiger charge is -2.26. The fraction of sp³-hybridized carbons (Fsp3) is 0.160. The Morgan fingerprint density at radius 2 is 1.97 bits per heavy atom. The molecule has 2 heterocycles. The number of aromatic nitrogens is 2. The number of hydrogen-bond donors (Lipinski definition) is 2. The zero-order valence-electron chi connectivity index (χ0n) is 17.9. The van der Waals surface area contributed by atoms with Crippen molar-refractivity contribution in [1.82, 2.24) is 14.9 Å². The summed E-state index contributed by atoms with van der Waals surface area (Å²) < 4.78 is 0. The Labute approximate surface area is 197 Å². The minimum atomic E-state index is -0.119. The molecule has 2 aromatic heterocycles. The van der Waals surface area contributed by atoms with Crippen LogP contribution in [0.4, 0.5) is 5.69 Å². The van der Waals surface area contributed by atoms with Crippen molar-refractivity contribution in [3.8, 4) is 0 Å². The van der Waals surface area contributed by atoms with Gasteiger partial charge in [0.25, 0.3) is 5.56 Å². The summed E-state index contributed by atoms with van der Waals surface area (Å²) in [5.41, 5.74) is 5.37. The molecular weight excluding hydrogens is 440 g/mol. The van der Waals surface area contributed by atoms with E-state index in [1.807, 2.05) is 54.3 Å². The van der Waals surface area contributed by atoms with E-state index >= 15 is 0 Å². The number of nitrogens with zero attached hydrogens (tertiary/aromatic N) is 2. The second-order valence-corrected chi connectivity index (χ2v) is 8.65. The molecule has 0 radical (unpaired) electrons. The van der Waals surface area contributed by atoms with Gasteiger partial charge < -0.3 is 15.2 Å². The highest BCUT2D eigenvalue weighted by molar-refractivity contribution is 7.80. The molecule has 2 N–H and O–H groups in total. The van der Waals surface area contributed by atoms with Crippen LogP contribution in [-0.4, -0.2) is 20.0 Å². The summed E-state index contributed by atoms with van der Waals surface area (Å²) in [5.74, 6) is 0. The van der Waals surface area contributed by atoms with Gasteiger partial charge in [0.1, 0.15) is 0 Å². The predicted molar refractivity (Wildman–Crippen MR) is 135 cm³/mol. The first-order valence-electron chi connectivity index (χ1n) is 10.2. The predicted octanol–water partition coefficient (Wildman–Crippen LogP) is 5.59. The molecule has 4 aromatic rings. The molecule has 0 atom stereocenters. The van der Waals surface area contributed by atoms with Gasteiger partial charge >= 0.3 is 0 Å². The Kier molecular flexibility index (Phi) is 6.53. The van der Waals surface area contributed by atoms with Crippen LogP contribution in [-0.2, 0) is 13.1 Å². The molecule has 0 aliphatic heterocycles. The Morgan fingerprint density at radius 3 is 2.72 bits per heavy atom. The number of rotatable bonds is 5. The zero-order valence-corrected chi connectivity index (χ0v) is 19.4. The SMILES string of the molecule is Cc1cc(C)c2[nH]c(=O)c(CN(Cc3cccnc3)C(=S)Nc3cccc(Cl)c3)cc2c1. The molecule has 0 spiro atoms. The molecule has 162 valence electrons. The number of benzene rings is 2. The molecule has 0 amide bonds. The van der Waals surface area contributed by atoms with Gasteiger partial charge in [-0.1, -0.05) is 35.4 Å². The van der Waals surface area contributed by atoms with Crippen LogP contribution in [0.1, 0.15) is 22.3 Å². The van der Waals surface area contributed by atoms with Crippen molar-refractivity contribution in [2.45, 2.75) is 26.9 Å². The van der Waals surface area contributed by atoms with Crippen LogP contribution < -0.4 is 10.9 Å². The summed E-state index contributed by atoms with van der Waals surface area (Å²) in [6, 6.07) is 17.3. The van der Waals surface area contributed by atoms with Crippen molar-refractivity contribution >= 4 is 45.5 Å². The quantitative estimate of drug-likeness (QED) is 0.378. The lowest BCUT2D eigenvalue weighted by molar-refractivity contribution is 0.410. The first-order chi connectivity index (χ1) is 15.4. The van der Waals surface area contributed by atoms with Crippen LogP contribution in [0.25, 0.3) is 10.9 Å². The second kappa shape index (κ2) is 9.51. The van der Waals surface area contributed by atoms with Crippen LogP contribution in [0.2, 0.25) is 5.02 Å². The molecule has 0 saturated heterocycles. The fourth-order valence-corrected chi connectivity index (χ4v) is 4.17. The number of nitrogens with one attached hydrogen (secondary N) is 2. The number of anilines is 1. The highest BCUT2D eigenvalue weighted by atomic mass is 35.5. The molecule has 32 heavy (non-hydrogen) atoms. The molecular formula is C25H23ClN4OS. The maximum Gasteiger partial charge on any atom is 0.253 e. The summed E-state index contributed by atoms with van der Waals surface area (Å²) in [7, 11) is 0. The third-order valence-electron chi connectivity index (χ3n) is 5.19. The molecule has 0 unspecified atom stereocenters. The van der Waals surface area contributed by atoms with Gasteiger partial charge in [-0.15, -0.1) is 0 Å². The fourth-order valence-electron chi connectivity index (χ4n) is 3.74. The highest BCUT2D eigenvalue weighted by Crippen LogP contribution is 2.20. The average molecular weight is 463 g/mol. The molecule has 0 fully saturated rings. The lowest BCUT2D eigenvalue weighted by atomic mass is 10.1. The summed E-state index contributed by atoms with van der Waals surface area (Å²) in [5, 5.41) is 5.36. The summed E-state index contributed by atoms with van der Waals surface area (Å²) in [4.78, 5) is 22.1. The molecule has 0 saturated carbocycles. The van der Waals surface area contributed by atoms with Gasteiger partial charge in [0.15, 0.2) is 5.11 Å². The van der Waals surface area contributed by atoms with Gasteiger partial charge in [0, 0.05) is 35.2 Å². The van der Waals surface area contributed by atoms with Crippen molar-refractivity contribution in [2.24, 2.45) is 0 Å². The minimum Gasteiger partial charge on any atom is -0.340 e. The van der Waals surface area contributed by atoms with Crippen molar-refractivity contribution < 1.29 is 0 Å². The van der Waals surface area contributed by atoms with Gasteiger partial charge in [-0.05, 0) is 79.0 Å². The molecule has 4 rings (SSSR count). The smallest absolute Gasteiger partial charge is 0.253 e. The van der Waals surface area contributed by atoms with Gasteiger partial charge in [-0.2, -0.15) is 0 Å². The summed E-state index contributed by atoms with van der Waals surface area (Å²) >= 11 is 11.8. The first kappa shape index (κ1) is 22.0. The van der Waals surface area contributed by atoms with Gasteiger partial charge in [-0.25, -0.2) is 0 Å². The third-order valence-corrected chi connectivity index (χ3v) is 5.79. The molecule has 2 aromatic carbocycles. The number of pyridine rings is 2. The largest absolute Gasteiger partial charge is 0.340 e. The first-order valence-corrected chi connectivity index (χ1v) is 11.0. The number of thiocarbonyl (C=S) groups is 1. The van der Waals surface area contributed by atoms with E-state index in [4.69, 9.17) is 23.8 Å². The third kappa shape index (κ3) is 5.15. The average Bonchev–Trinajstić information content (AvgIpc) is 2.75. The van der Waals surface area contributed by atoms with Crippen molar-refractivity contribution in [2.75, 3.05) is 5.32 Å². The van der Waals surface area contributed by atoms with Gasteiger partial charge in [0.05, 0.1) is 12.1 Å². The van der Waals surface area contributed by atoms with E-state index in [-0.39, 0.29) is 5.56 Å². The van der Waals surface area contributed by atoms with Crippen molar-refractivity contribution in [1.29, 1.82) is 0 Å². The van der Waals surface area contributed by atoms with Crippen molar-refractivity contribution in [3.05, 3.63) is 105 Å². The lowest BCUT2D eigenvalue weighted by Crippen LogP contribution is -2.35. The normalized spacial score (nSPS) is 10.8. The summed E-state index contributed by atoms with van der Waals surface area (Å²) in [6.45, 7) is 4.91. The van der Waals surface area contributed by atoms with E-state index in [9.17, 15) is 4.79 Å². The Hall–Kier alpha value is -3.22. The van der Waals surface area contributed by atoms with Crippen LogP contribution in [0.3, 0.4) is 0 Å². The van der Waals surface area contributed by atoms with E-state index in [2.05, 4.69) is 34.3 Å². The summed E-state index contributed by atoms with van der Waals surface area (Å²) in [6.07, 6.45) is 3.53. The molecule has 0 aliphatic rings. The number of halogens is 1. The number of H-pyrrole nitrogens is 1. The van der Waals surface area contributed by atoms with E-state index < -0.39 is 0 Å². The maximum atomic E-state index is 12.9. The van der Waals surface area contributed by atoms with Crippen LogP contribution in [0.5, 0.6) is 0 Å². The van der Waals surface area contributed by atoms with E-state index in [0.29, 0.717) is 28.8 Å². The monoisotopic (exact) mass is 462 g/mol. The van der Waals surface area contributed by atoms with Crippen molar-refractivity contribution in [3.63, 3.8) is 0 Å². The highest BCUT2D eigenvalue weighted by Gasteiger charge is 2.15. The van der Waals surface area contributed by atoms with E-state index in [1.165, 1.54) is 0 Å². The topological polar surface area (TPSA) is 61.0 Å². The number of aromatic amines is 1. The Bertz CT molecular complexity index is 1340. The Morgan fingerprint density at radius 1 is 1.12 bits per heavy atom. The molecule has 0 aliphatic carbocycles. The standard InChI is InChI=1S/C25H23ClN4OS/c1-16-9-17(2)23-19(10-16)11-20(24(31)29-23)15-30(14-18-5-4-8-27-13-18)25(32)28-22-7-3-6-21(26)12-22/h3-13H,14-15H2,1-2H3,(H,28,32)(H,29,31). The second-order valence-electron chi connectivity index (χ2n) is 7.83. The molecule has 5 nitrogen and oxygen atoms in total. The Balaban J connectivity index is 1.67. The number of hydrogen-bond acceptors (Lipinski definition) is 3. The van der Waals surface area contributed by atoms with E-state index in [0.717, 1.165) is 33.3 Å². The van der Waals surface area contributed by atoms with Crippen LogP contribution >= 0.6 is 23.8 Å².